The lowest BCUT2D eigenvalue weighted by Crippen LogP contribution is -2.38. The summed E-state index contributed by atoms with van der Waals surface area (Å²) in [6.07, 6.45) is 3.02. The largest absolute Gasteiger partial charge is 0.492 e. The second-order valence-corrected chi connectivity index (χ2v) is 9.92. The lowest BCUT2D eigenvalue weighted by atomic mass is 9.99. The van der Waals surface area contributed by atoms with Crippen LogP contribution in [0.25, 0.3) is 11.5 Å². The van der Waals surface area contributed by atoms with Crippen molar-refractivity contribution in [1.29, 1.82) is 0 Å². The Morgan fingerprint density at radius 2 is 1.70 bits per heavy atom. The van der Waals surface area contributed by atoms with Gasteiger partial charge in [-0.1, -0.05) is 61.5 Å². The summed E-state index contributed by atoms with van der Waals surface area (Å²) >= 11 is 0. The SMILES string of the molecule is CCOc1ccccc1NC(=O)N1Cc2c(C)nn(-c3ccccc3)c2-n2cccc2[C@@H]1c1ccc(CC)cc1. The van der Waals surface area contributed by atoms with Crippen molar-refractivity contribution in [2.45, 2.75) is 39.8 Å². The Morgan fingerprint density at radius 3 is 2.45 bits per heavy atom. The number of para-hydroxylation sites is 3. The first-order chi connectivity index (χ1) is 19.6. The molecule has 1 atom stereocenters. The summed E-state index contributed by atoms with van der Waals surface area (Å²) in [5, 5.41) is 8.09. The fourth-order valence-corrected chi connectivity index (χ4v) is 5.47. The number of carbonyl (C=O) groups is 1. The van der Waals surface area contributed by atoms with Crippen LogP contribution in [0.2, 0.25) is 0 Å². The molecule has 1 aliphatic rings. The van der Waals surface area contributed by atoms with Crippen molar-refractivity contribution >= 4 is 11.7 Å². The van der Waals surface area contributed by atoms with Crippen LogP contribution < -0.4 is 10.1 Å². The number of ether oxygens (including phenoxy) is 1. The number of carbonyl (C=O) groups excluding carboxylic acids is 1. The number of nitrogens with one attached hydrogen (secondary N) is 1. The van der Waals surface area contributed by atoms with Gasteiger partial charge in [-0.3, -0.25) is 0 Å². The normalized spacial score (nSPS) is 14.3. The Morgan fingerprint density at radius 1 is 0.950 bits per heavy atom. The zero-order valence-electron chi connectivity index (χ0n) is 23.0. The fourth-order valence-electron chi connectivity index (χ4n) is 5.47. The van der Waals surface area contributed by atoms with E-state index in [1.807, 2.05) is 72.0 Å². The second-order valence-electron chi connectivity index (χ2n) is 9.92. The number of aryl methyl sites for hydroxylation is 2. The minimum absolute atomic E-state index is 0.204. The molecule has 7 heteroatoms. The number of nitrogens with zero attached hydrogens (tertiary/aromatic N) is 4. The van der Waals surface area contributed by atoms with Gasteiger partial charge in [0.05, 0.1) is 42.0 Å². The first-order valence-electron chi connectivity index (χ1n) is 13.8. The Hall–Kier alpha value is -4.78. The predicted octanol–water partition coefficient (Wildman–Crippen LogP) is 7.07. The van der Waals surface area contributed by atoms with Gasteiger partial charge in [0.25, 0.3) is 0 Å². The molecular weight excluding hydrogens is 498 g/mol. The van der Waals surface area contributed by atoms with Gasteiger partial charge >= 0.3 is 6.03 Å². The predicted molar refractivity (Wildman–Crippen MR) is 157 cm³/mol. The van der Waals surface area contributed by atoms with E-state index in [9.17, 15) is 4.79 Å². The summed E-state index contributed by atoms with van der Waals surface area (Å²) in [4.78, 5) is 16.1. The van der Waals surface area contributed by atoms with Crippen LogP contribution in [-0.4, -0.2) is 31.9 Å². The Labute approximate surface area is 234 Å². The maximum Gasteiger partial charge on any atom is 0.323 e. The van der Waals surface area contributed by atoms with Crippen LogP contribution in [0, 0.1) is 6.92 Å². The van der Waals surface area contributed by atoms with Gasteiger partial charge in [-0.2, -0.15) is 5.10 Å². The lowest BCUT2D eigenvalue weighted by molar-refractivity contribution is 0.194. The van der Waals surface area contributed by atoms with Gasteiger partial charge in [0.2, 0.25) is 0 Å². The molecule has 202 valence electrons. The molecule has 0 bridgehead atoms. The monoisotopic (exact) mass is 531 g/mol. The molecule has 6 rings (SSSR count). The number of benzene rings is 3. The molecule has 0 saturated heterocycles. The molecule has 0 aliphatic carbocycles. The van der Waals surface area contributed by atoms with Crippen molar-refractivity contribution in [3.8, 4) is 17.3 Å². The maximum atomic E-state index is 14.2. The van der Waals surface area contributed by atoms with Gasteiger partial charge in [-0.05, 0) is 67.8 Å². The van der Waals surface area contributed by atoms with Crippen LogP contribution in [0.4, 0.5) is 10.5 Å². The quantitative estimate of drug-likeness (QED) is 0.255. The maximum absolute atomic E-state index is 14.2. The van der Waals surface area contributed by atoms with E-state index in [0.29, 0.717) is 24.6 Å². The molecule has 5 aromatic rings. The Balaban J connectivity index is 1.51. The molecule has 0 spiro atoms. The number of amides is 2. The zero-order valence-corrected chi connectivity index (χ0v) is 23.0. The van der Waals surface area contributed by atoms with Gasteiger partial charge in [0.15, 0.2) is 0 Å². The highest BCUT2D eigenvalue weighted by atomic mass is 16.5. The molecule has 0 unspecified atom stereocenters. The molecule has 1 N–H and O–H groups in total. The number of rotatable bonds is 6. The summed E-state index contributed by atoms with van der Waals surface area (Å²) in [6.45, 7) is 7.00. The average molecular weight is 532 g/mol. The molecule has 3 heterocycles. The summed E-state index contributed by atoms with van der Waals surface area (Å²) in [6, 6.07) is 29.9. The van der Waals surface area contributed by atoms with Crippen LogP contribution in [-0.2, 0) is 13.0 Å². The van der Waals surface area contributed by atoms with E-state index in [4.69, 9.17) is 9.84 Å². The average Bonchev–Trinajstić information content (AvgIpc) is 3.55. The van der Waals surface area contributed by atoms with E-state index in [2.05, 4.69) is 65.5 Å². The van der Waals surface area contributed by atoms with Crippen LogP contribution >= 0.6 is 0 Å². The summed E-state index contributed by atoms with van der Waals surface area (Å²) in [5.74, 6) is 1.60. The minimum atomic E-state index is -0.323. The molecule has 2 amide bonds. The van der Waals surface area contributed by atoms with Crippen molar-refractivity contribution in [1.82, 2.24) is 19.2 Å². The zero-order chi connectivity index (χ0) is 27.6. The number of fused-ring (bicyclic) bond motifs is 3. The van der Waals surface area contributed by atoms with Crippen LogP contribution in [0.15, 0.2) is 97.2 Å². The smallest absolute Gasteiger partial charge is 0.323 e. The minimum Gasteiger partial charge on any atom is -0.492 e. The van der Waals surface area contributed by atoms with E-state index in [0.717, 1.165) is 40.4 Å². The van der Waals surface area contributed by atoms with Crippen molar-refractivity contribution in [3.63, 3.8) is 0 Å². The third-order valence-corrected chi connectivity index (χ3v) is 7.48. The number of urea groups is 1. The molecule has 1 aliphatic heterocycles. The van der Waals surface area contributed by atoms with E-state index < -0.39 is 0 Å². The number of aromatic nitrogens is 3. The highest BCUT2D eigenvalue weighted by molar-refractivity contribution is 5.91. The van der Waals surface area contributed by atoms with Gasteiger partial charge in [0.1, 0.15) is 11.6 Å². The molecule has 0 radical (unpaired) electrons. The van der Waals surface area contributed by atoms with Gasteiger partial charge in [-0.15, -0.1) is 0 Å². The van der Waals surface area contributed by atoms with Crippen LogP contribution in [0.5, 0.6) is 5.75 Å². The van der Waals surface area contributed by atoms with Crippen molar-refractivity contribution < 1.29 is 9.53 Å². The topological polar surface area (TPSA) is 64.3 Å². The molecule has 7 nitrogen and oxygen atoms in total. The third kappa shape index (κ3) is 4.53. The number of anilines is 1. The first-order valence-corrected chi connectivity index (χ1v) is 13.8. The van der Waals surface area contributed by atoms with E-state index in [1.165, 1.54) is 5.56 Å². The Kier molecular flexibility index (Phi) is 6.86. The summed E-state index contributed by atoms with van der Waals surface area (Å²) < 4.78 is 9.97. The molecule has 2 aromatic heterocycles. The fraction of sp³-hybridized carbons (Fsp3) is 0.212. The number of hydrogen-bond donors (Lipinski definition) is 1. The highest BCUT2D eigenvalue weighted by Crippen LogP contribution is 2.39. The molecular formula is C33H33N5O2. The van der Waals surface area contributed by atoms with E-state index in [1.54, 1.807) is 0 Å². The van der Waals surface area contributed by atoms with Crippen LogP contribution in [0.3, 0.4) is 0 Å². The van der Waals surface area contributed by atoms with Crippen LogP contribution in [0.1, 0.15) is 48.0 Å². The highest BCUT2D eigenvalue weighted by Gasteiger charge is 2.36. The Bertz CT molecular complexity index is 1640. The summed E-state index contributed by atoms with van der Waals surface area (Å²) in [7, 11) is 0. The molecule has 3 aromatic carbocycles. The standard InChI is InChI=1S/C33H33N5O2/c1-4-24-17-19-25(20-18-24)31-29-15-11-21-36(29)32-27(23(3)35-38(32)26-12-7-6-8-13-26)22-37(31)33(39)34-28-14-9-10-16-30(28)40-5-2/h6-21,31H,4-5,22H2,1-3H3,(H,34,39)/t31-/m0/s1. The van der Waals surface area contributed by atoms with E-state index in [-0.39, 0.29) is 12.1 Å². The number of hydrogen-bond acceptors (Lipinski definition) is 3. The van der Waals surface area contributed by atoms with E-state index >= 15 is 0 Å². The van der Waals surface area contributed by atoms with Crippen molar-refractivity contribution in [3.05, 3.63) is 125 Å². The molecule has 0 fully saturated rings. The molecule has 0 saturated carbocycles. The van der Waals surface area contributed by atoms with Gasteiger partial charge in [-0.25, -0.2) is 9.48 Å². The van der Waals surface area contributed by atoms with Crippen molar-refractivity contribution in [2.75, 3.05) is 11.9 Å². The third-order valence-electron chi connectivity index (χ3n) is 7.48. The molecule has 40 heavy (non-hydrogen) atoms. The first kappa shape index (κ1) is 25.5. The summed E-state index contributed by atoms with van der Waals surface area (Å²) in [5.41, 5.74) is 6.80. The van der Waals surface area contributed by atoms with Crippen molar-refractivity contribution in [2.24, 2.45) is 0 Å². The van der Waals surface area contributed by atoms with Gasteiger partial charge in [0, 0.05) is 11.8 Å². The second kappa shape index (κ2) is 10.8. The lowest BCUT2D eigenvalue weighted by Gasteiger charge is -2.31. The van der Waals surface area contributed by atoms with Gasteiger partial charge < -0.3 is 19.5 Å².